The van der Waals surface area contributed by atoms with Gasteiger partial charge < -0.3 is 9.64 Å². The van der Waals surface area contributed by atoms with Crippen molar-refractivity contribution in [3.63, 3.8) is 0 Å². The largest absolute Gasteiger partial charge is 0.381 e. The van der Waals surface area contributed by atoms with Gasteiger partial charge in [-0.2, -0.15) is 0 Å². The van der Waals surface area contributed by atoms with Crippen molar-refractivity contribution in [3.05, 3.63) is 33.9 Å². The number of rotatable bonds is 5. The van der Waals surface area contributed by atoms with E-state index in [-0.39, 0.29) is 11.3 Å². The van der Waals surface area contributed by atoms with Crippen LogP contribution < -0.4 is 4.90 Å². The highest BCUT2D eigenvalue weighted by atomic mass is 16.6. The van der Waals surface area contributed by atoms with Gasteiger partial charge in [-0.25, -0.2) is 0 Å². The summed E-state index contributed by atoms with van der Waals surface area (Å²) in [6, 6.07) is 4.62. The molecule has 1 aliphatic heterocycles. The van der Waals surface area contributed by atoms with Gasteiger partial charge in [-0.15, -0.1) is 0 Å². The molecule has 1 aliphatic rings. The molecule has 0 N–H and O–H groups in total. The zero-order valence-corrected chi connectivity index (χ0v) is 11.4. The minimum Gasteiger partial charge on any atom is -0.381 e. The predicted octanol–water partition coefficient (Wildman–Crippen LogP) is 2.27. The van der Waals surface area contributed by atoms with E-state index in [4.69, 9.17) is 4.74 Å². The molecule has 0 amide bonds. The maximum Gasteiger partial charge on any atom is 0.280 e. The molecule has 1 atom stereocenters. The van der Waals surface area contributed by atoms with Crippen LogP contribution >= 0.6 is 0 Å². The predicted molar refractivity (Wildman–Crippen MR) is 75.3 cm³/mol. The van der Waals surface area contributed by atoms with E-state index in [1.54, 1.807) is 12.1 Å². The van der Waals surface area contributed by atoms with E-state index < -0.39 is 4.92 Å². The molecule has 1 unspecified atom stereocenters. The number of carbonyl (C=O) groups is 1. The number of benzene rings is 1. The summed E-state index contributed by atoms with van der Waals surface area (Å²) < 4.78 is 5.44. The van der Waals surface area contributed by atoms with Gasteiger partial charge >= 0.3 is 0 Å². The van der Waals surface area contributed by atoms with Crippen molar-refractivity contribution < 1.29 is 14.5 Å². The lowest BCUT2D eigenvalue weighted by Crippen LogP contribution is -2.30. The van der Waals surface area contributed by atoms with Crippen molar-refractivity contribution in [2.75, 3.05) is 31.7 Å². The smallest absolute Gasteiger partial charge is 0.280 e. The van der Waals surface area contributed by atoms with Crippen LogP contribution in [0.25, 0.3) is 0 Å². The Labute approximate surface area is 117 Å². The molecular formula is C14H18N2O4. The van der Waals surface area contributed by atoms with Crippen LogP contribution in [0.15, 0.2) is 18.2 Å². The van der Waals surface area contributed by atoms with Crippen LogP contribution in [0.1, 0.15) is 23.2 Å². The van der Waals surface area contributed by atoms with E-state index in [0.29, 0.717) is 12.2 Å². The molecule has 1 heterocycles. The molecule has 1 fully saturated rings. The summed E-state index contributed by atoms with van der Waals surface area (Å²) in [5, 5.41) is 10.8. The van der Waals surface area contributed by atoms with Crippen LogP contribution in [0.4, 0.5) is 11.4 Å². The standard InChI is InChI=1S/C14H18N2O4/c1-15(8-11-3-2-6-20-10-11)13-4-5-14(16(18)19)12(7-13)9-17/h4-5,7,9,11H,2-3,6,8,10H2,1H3. The monoisotopic (exact) mass is 278 g/mol. The van der Waals surface area contributed by atoms with E-state index in [0.717, 1.165) is 38.3 Å². The lowest BCUT2D eigenvalue weighted by molar-refractivity contribution is -0.385. The number of nitro groups is 1. The lowest BCUT2D eigenvalue weighted by atomic mass is 10.0. The van der Waals surface area contributed by atoms with Crippen molar-refractivity contribution in [2.45, 2.75) is 12.8 Å². The molecule has 108 valence electrons. The van der Waals surface area contributed by atoms with Gasteiger partial charge in [0.2, 0.25) is 0 Å². The Bertz CT molecular complexity index is 498. The lowest BCUT2D eigenvalue weighted by Gasteiger charge is -2.28. The molecule has 6 heteroatoms. The topological polar surface area (TPSA) is 72.7 Å². The number of anilines is 1. The highest BCUT2D eigenvalue weighted by Crippen LogP contribution is 2.24. The van der Waals surface area contributed by atoms with E-state index in [1.165, 1.54) is 6.07 Å². The zero-order chi connectivity index (χ0) is 14.5. The third kappa shape index (κ3) is 3.33. The molecule has 0 aromatic heterocycles. The summed E-state index contributed by atoms with van der Waals surface area (Å²) in [6.45, 7) is 2.39. The number of carbonyl (C=O) groups excluding carboxylic acids is 1. The van der Waals surface area contributed by atoms with Gasteiger partial charge in [0.15, 0.2) is 6.29 Å². The first-order valence-corrected chi connectivity index (χ1v) is 6.64. The maximum atomic E-state index is 11.0. The number of nitrogens with zero attached hydrogens (tertiary/aromatic N) is 2. The second-order valence-corrected chi connectivity index (χ2v) is 5.08. The van der Waals surface area contributed by atoms with Crippen molar-refractivity contribution in [1.82, 2.24) is 0 Å². The molecule has 0 spiro atoms. The highest BCUT2D eigenvalue weighted by molar-refractivity contribution is 5.83. The van der Waals surface area contributed by atoms with Crippen molar-refractivity contribution >= 4 is 17.7 Å². The average molecular weight is 278 g/mol. The van der Waals surface area contributed by atoms with Gasteiger partial charge in [0.05, 0.1) is 17.1 Å². The summed E-state index contributed by atoms with van der Waals surface area (Å²) in [7, 11) is 1.92. The number of nitro benzene ring substituents is 1. The van der Waals surface area contributed by atoms with Gasteiger partial charge in [-0.1, -0.05) is 0 Å². The zero-order valence-electron chi connectivity index (χ0n) is 11.4. The number of hydrogen-bond acceptors (Lipinski definition) is 5. The van der Waals surface area contributed by atoms with E-state index >= 15 is 0 Å². The summed E-state index contributed by atoms with van der Waals surface area (Å²) in [5.41, 5.74) is 0.765. The van der Waals surface area contributed by atoms with Gasteiger partial charge in [0.1, 0.15) is 0 Å². The second kappa shape index (κ2) is 6.47. The summed E-state index contributed by atoms with van der Waals surface area (Å²) >= 11 is 0. The Morgan fingerprint density at radius 2 is 2.35 bits per heavy atom. The third-order valence-corrected chi connectivity index (χ3v) is 3.56. The fraction of sp³-hybridized carbons (Fsp3) is 0.500. The van der Waals surface area contributed by atoms with E-state index in [1.807, 2.05) is 11.9 Å². The van der Waals surface area contributed by atoms with Gasteiger partial charge in [-0.05, 0) is 30.9 Å². The Hall–Kier alpha value is -1.95. The molecule has 0 saturated carbocycles. The molecule has 0 bridgehead atoms. The van der Waals surface area contributed by atoms with Crippen LogP contribution in [-0.4, -0.2) is 38.0 Å². The van der Waals surface area contributed by atoms with Gasteiger partial charge in [0.25, 0.3) is 5.69 Å². The molecular weight excluding hydrogens is 260 g/mol. The first-order chi connectivity index (χ1) is 9.61. The van der Waals surface area contributed by atoms with Crippen LogP contribution in [0.2, 0.25) is 0 Å². The van der Waals surface area contributed by atoms with Crippen LogP contribution in [0.5, 0.6) is 0 Å². The van der Waals surface area contributed by atoms with Gasteiger partial charge in [0, 0.05) is 32.0 Å². The number of ether oxygens (including phenoxy) is 1. The fourth-order valence-electron chi connectivity index (χ4n) is 2.48. The summed E-state index contributed by atoms with van der Waals surface area (Å²) in [6.07, 6.45) is 2.72. The molecule has 20 heavy (non-hydrogen) atoms. The minimum atomic E-state index is -0.539. The van der Waals surface area contributed by atoms with Crippen LogP contribution in [0, 0.1) is 16.0 Å². The molecule has 2 rings (SSSR count). The quantitative estimate of drug-likeness (QED) is 0.469. The summed E-state index contributed by atoms with van der Waals surface area (Å²) in [4.78, 5) is 23.2. The average Bonchev–Trinajstić information content (AvgIpc) is 2.47. The molecule has 0 aliphatic carbocycles. The fourth-order valence-corrected chi connectivity index (χ4v) is 2.48. The number of aldehydes is 1. The SMILES string of the molecule is CN(CC1CCCOC1)c1ccc([N+](=O)[O-])c(C=O)c1. The Morgan fingerprint density at radius 1 is 1.55 bits per heavy atom. The third-order valence-electron chi connectivity index (χ3n) is 3.56. The minimum absolute atomic E-state index is 0.110. The normalized spacial score (nSPS) is 18.6. The highest BCUT2D eigenvalue weighted by Gasteiger charge is 2.18. The van der Waals surface area contributed by atoms with E-state index in [2.05, 4.69) is 0 Å². The summed E-state index contributed by atoms with van der Waals surface area (Å²) in [5.74, 6) is 0.462. The maximum absolute atomic E-state index is 11.0. The van der Waals surface area contributed by atoms with Crippen molar-refractivity contribution in [1.29, 1.82) is 0 Å². The molecule has 0 radical (unpaired) electrons. The molecule has 1 aromatic carbocycles. The first-order valence-electron chi connectivity index (χ1n) is 6.64. The van der Waals surface area contributed by atoms with Crippen LogP contribution in [0.3, 0.4) is 0 Å². The molecule has 6 nitrogen and oxygen atoms in total. The Kier molecular flexibility index (Phi) is 4.68. The van der Waals surface area contributed by atoms with Crippen molar-refractivity contribution in [3.8, 4) is 0 Å². The molecule has 1 saturated heterocycles. The Morgan fingerprint density at radius 3 is 2.95 bits per heavy atom. The van der Waals surface area contributed by atoms with Gasteiger partial charge in [-0.3, -0.25) is 14.9 Å². The molecule has 1 aromatic rings. The van der Waals surface area contributed by atoms with Crippen molar-refractivity contribution in [2.24, 2.45) is 5.92 Å². The first kappa shape index (κ1) is 14.5. The van der Waals surface area contributed by atoms with E-state index in [9.17, 15) is 14.9 Å². The Balaban J connectivity index is 2.11. The second-order valence-electron chi connectivity index (χ2n) is 5.08. The van der Waals surface area contributed by atoms with Crippen LogP contribution in [-0.2, 0) is 4.74 Å². The number of hydrogen-bond donors (Lipinski definition) is 0.